The van der Waals surface area contributed by atoms with Gasteiger partial charge in [-0.15, -0.1) is 0 Å². The first-order valence-electron chi connectivity index (χ1n) is 8.18. The lowest BCUT2D eigenvalue weighted by Gasteiger charge is -2.18. The molecule has 0 saturated carbocycles. The van der Waals surface area contributed by atoms with Gasteiger partial charge in [-0.25, -0.2) is 0 Å². The molecule has 1 atom stereocenters. The lowest BCUT2D eigenvalue weighted by Crippen LogP contribution is -2.16. The van der Waals surface area contributed by atoms with Crippen LogP contribution in [0.1, 0.15) is 29.0 Å². The Bertz CT molecular complexity index is 620. The molecule has 0 bridgehead atoms. The Morgan fingerprint density at radius 2 is 1.74 bits per heavy atom. The Balaban J connectivity index is 1.95. The van der Waals surface area contributed by atoms with E-state index in [0.717, 1.165) is 12.2 Å². The summed E-state index contributed by atoms with van der Waals surface area (Å²) < 4.78 is 5.97. The number of nitrogens with two attached hydrogens (primary N) is 1. The Morgan fingerprint density at radius 1 is 1.04 bits per heavy atom. The summed E-state index contributed by atoms with van der Waals surface area (Å²) in [4.78, 5) is 2.10. The summed E-state index contributed by atoms with van der Waals surface area (Å²) >= 11 is 0. The second kappa shape index (κ2) is 8.02. The third-order valence-corrected chi connectivity index (χ3v) is 4.23. The summed E-state index contributed by atoms with van der Waals surface area (Å²) in [5.74, 6) is 1.31. The Kier molecular flexibility index (Phi) is 6.05. The van der Waals surface area contributed by atoms with Crippen LogP contribution in [0.4, 0.5) is 5.69 Å². The van der Waals surface area contributed by atoms with E-state index >= 15 is 0 Å². The predicted molar refractivity (Wildman–Crippen MR) is 98.6 cm³/mol. The highest BCUT2D eigenvalue weighted by molar-refractivity contribution is 5.46. The summed E-state index contributed by atoms with van der Waals surface area (Å²) in [5.41, 5.74) is 10.9. The van der Waals surface area contributed by atoms with E-state index in [4.69, 9.17) is 10.5 Å². The maximum absolute atomic E-state index is 5.97. The fraction of sp³-hybridized carbons (Fsp3) is 0.400. The molecule has 1 unspecified atom stereocenters. The third-order valence-electron chi connectivity index (χ3n) is 4.23. The summed E-state index contributed by atoms with van der Waals surface area (Å²) in [6, 6.07) is 14.9. The normalized spacial score (nSPS) is 12.0. The van der Waals surface area contributed by atoms with Crippen molar-refractivity contribution in [2.45, 2.75) is 26.2 Å². The first-order chi connectivity index (χ1) is 11.0. The average Bonchev–Trinajstić information content (AvgIpc) is 2.55. The lowest BCUT2D eigenvalue weighted by atomic mass is 9.96. The molecule has 0 amide bonds. The third kappa shape index (κ3) is 4.73. The van der Waals surface area contributed by atoms with Crippen LogP contribution in [0.5, 0.6) is 5.75 Å². The highest BCUT2D eigenvalue weighted by atomic mass is 16.5. The van der Waals surface area contributed by atoms with Crippen LogP contribution >= 0.6 is 0 Å². The highest BCUT2D eigenvalue weighted by Crippen LogP contribution is 2.24. The van der Waals surface area contributed by atoms with E-state index in [-0.39, 0.29) is 0 Å². The first kappa shape index (κ1) is 17.4. The minimum absolute atomic E-state index is 0.330. The molecule has 0 fully saturated rings. The molecule has 3 nitrogen and oxygen atoms in total. The molecule has 2 aromatic rings. The van der Waals surface area contributed by atoms with Gasteiger partial charge in [0.25, 0.3) is 0 Å². The Morgan fingerprint density at radius 3 is 2.35 bits per heavy atom. The standard InChI is InChI=1S/C20H28N2O/c1-15-5-6-16(2)20(13-15)23-12-11-18(14-21)17-7-9-19(10-8-17)22(3)4/h5-10,13,18H,11-12,14,21H2,1-4H3. The largest absolute Gasteiger partial charge is 0.493 e. The summed E-state index contributed by atoms with van der Waals surface area (Å²) in [6.45, 7) is 5.48. The Hall–Kier alpha value is -2.00. The van der Waals surface area contributed by atoms with Crippen molar-refractivity contribution in [3.8, 4) is 5.75 Å². The first-order valence-corrected chi connectivity index (χ1v) is 8.18. The van der Waals surface area contributed by atoms with Crippen molar-refractivity contribution in [1.29, 1.82) is 0 Å². The second-order valence-electron chi connectivity index (χ2n) is 6.32. The molecule has 3 heteroatoms. The van der Waals surface area contributed by atoms with Gasteiger partial charge in [-0.1, -0.05) is 24.3 Å². The minimum Gasteiger partial charge on any atom is -0.493 e. The van der Waals surface area contributed by atoms with Crippen LogP contribution in [0.2, 0.25) is 0 Å². The maximum atomic E-state index is 5.97. The van der Waals surface area contributed by atoms with Gasteiger partial charge in [-0.05, 0) is 67.6 Å². The fourth-order valence-corrected chi connectivity index (χ4v) is 2.64. The molecule has 0 saturated heterocycles. The van der Waals surface area contributed by atoms with E-state index in [9.17, 15) is 0 Å². The molecule has 0 radical (unpaired) electrons. The van der Waals surface area contributed by atoms with E-state index in [1.807, 2.05) is 14.1 Å². The van der Waals surface area contributed by atoms with Crippen LogP contribution in [0, 0.1) is 13.8 Å². The van der Waals surface area contributed by atoms with Crippen LogP contribution in [0.3, 0.4) is 0 Å². The Labute approximate surface area is 140 Å². The monoisotopic (exact) mass is 312 g/mol. The number of benzene rings is 2. The van der Waals surface area contributed by atoms with Crippen molar-refractivity contribution in [2.24, 2.45) is 5.73 Å². The predicted octanol–water partition coefficient (Wildman–Crippen LogP) is 3.88. The van der Waals surface area contributed by atoms with Gasteiger partial charge < -0.3 is 15.4 Å². The highest BCUT2D eigenvalue weighted by Gasteiger charge is 2.11. The van der Waals surface area contributed by atoms with Gasteiger partial charge in [0.1, 0.15) is 5.75 Å². The molecular weight excluding hydrogens is 284 g/mol. The van der Waals surface area contributed by atoms with Crippen LogP contribution in [-0.4, -0.2) is 27.2 Å². The number of nitrogens with zero attached hydrogens (tertiary/aromatic N) is 1. The van der Waals surface area contributed by atoms with E-state index in [1.165, 1.54) is 22.4 Å². The molecule has 2 aromatic carbocycles. The molecule has 0 aromatic heterocycles. The van der Waals surface area contributed by atoms with Gasteiger partial charge in [0.15, 0.2) is 0 Å². The molecule has 2 rings (SSSR count). The number of hydrogen-bond acceptors (Lipinski definition) is 3. The SMILES string of the molecule is Cc1ccc(C)c(OCCC(CN)c2ccc(N(C)C)cc2)c1. The number of aryl methyl sites for hydroxylation is 2. The molecular formula is C20H28N2O. The summed E-state index contributed by atoms with van der Waals surface area (Å²) in [5, 5.41) is 0. The van der Waals surface area contributed by atoms with Gasteiger partial charge in [0.05, 0.1) is 6.61 Å². The van der Waals surface area contributed by atoms with Gasteiger partial charge in [0.2, 0.25) is 0 Å². The molecule has 0 aliphatic heterocycles. The van der Waals surface area contributed by atoms with Gasteiger partial charge in [0, 0.05) is 19.8 Å². The zero-order valence-electron chi connectivity index (χ0n) is 14.7. The maximum Gasteiger partial charge on any atom is 0.122 e. The number of hydrogen-bond donors (Lipinski definition) is 1. The van der Waals surface area contributed by atoms with Crippen LogP contribution in [0.25, 0.3) is 0 Å². The van der Waals surface area contributed by atoms with Crippen LogP contribution < -0.4 is 15.4 Å². The van der Waals surface area contributed by atoms with Crippen molar-refractivity contribution in [2.75, 3.05) is 32.1 Å². The van der Waals surface area contributed by atoms with Gasteiger partial charge >= 0.3 is 0 Å². The molecule has 2 N–H and O–H groups in total. The summed E-state index contributed by atoms with van der Waals surface area (Å²) in [6.07, 6.45) is 0.922. The fourth-order valence-electron chi connectivity index (χ4n) is 2.64. The topological polar surface area (TPSA) is 38.5 Å². The molecule has 23 heavy (non-hydrogen) atoms. The van der Waals surface area contributed by atoms with E-state index in [2.05, 4.69) is 61.2 Å². The molecule has 124 valence electrons. The smallest absolute Gasteiger partial charge is 0.122 e. The molecule has 0 aliphatic carbocycles. The second-order valence-corrected chi connectivity index (χ2v) is 6.32. The van der Waals surface area contributed by atoms with Crippen LogP contribution in [0.15, 0.2) is 42.5 Å². The van der Waals surface area contributed by atoms with E-state index < -0.39 is 0 Å². The number of anilines is 1. The molecule has 0 heterocycles. The average molecular weight is 312 g/mol. The van der Waals surface area contributed by atoms with Crippen molar-refractivity contribution < 1.29 is 4.74 Å². The molecule has 0 spiro atoms. The number of ether oxygens (including phenoxy) is 1. The van der Waals surface area contributed by atoms with E-state index in [1.54, 1.807) is 0 Å². The zero-order valence-corrected chi connectivity index (χ0v) is 14.7. The summed E-state index contributed by atoms with van der Waals surface area (Å²) in [7, 11) is 4.10. The minimum atomic E-state index is 0.330. The van der Waals surface area contributed by atoms with Gasteiger partial charge in [-0.3, -0.25) is 0 Å². The number of rotatable bonds is 7. The van der Waals surface area contributed by atoms with E-state index in [0.29, 0.717) is 19.1 Å². The van der Waals surface area contributed by atoms with Crippen molar-refractivity contribution in [3.05, 3.63) is 59.2 Å². The van der Waals surface area contributed by atoms with Gasteiger partial charge in [-0.2, -0.15) is 0 Å². The van der Waals surface area contributed by atoms with Crippen molar-refractivity contribution in [3.63, 3.8) is 0 Å². The quantitative estimate of drug-likeness (QED) is 0.843. The van der Waals surface area contributed by atoms with Crippen LogP contribution in [-0.2, 0) is 0 Å². The molecule has 0 aliphatic rings. The van der Waals surface area contributed by atoms with Crippen molar-refractivity contribution in [1.82, 2.24) is 0 Å². The lowest BCUT2D eigenvalue weighted by molar-refractivity contribution is 0.296. The zero-order chi connectivity index (χ0) is 16.8. The van der Waals surface area contributed by atoms with Crippen molar-refractivity contribution >= 4 is 5.69 Å².